The summed E-state index contributed by atoms with van der Waals surface area (Å²) in [5.41, 5.74) is 1.24. The average molecular weight is 495 g/mol. The second kappa shape index (κ2) is 9.66. The van der Waals surface area contributed by atoms with Gasteiger partial charge < -0.3 is 0 Å². The molecular weight excluding hydrogens is 476 g/mol. The van der Waals surface area contributed by atoms with Crippen LogP contribution in [0.3, 0.4) is 0 Å². The molecule has 1 fully saturated rings. The van der Waals surface area contributed by atoms with Gasteiger partial charge in [-0.25, -0.2) is 8.42 Å². The molecule has 1 amide bonds. The monoisotopic (exact) mass is 494 g/mol. The Bertz CT molecular complexity index is 1180. The molecule has 1 aromatic heterocycles. The van der Waals surface area contributed by atoms with E-state index in [9.17, 15) is 13.2 Å². The van der Waals surface area contributed by atoms with E-state index in [4.69, 9.17) is 11.6 Å². The maximum atomic E-state index is 12.8. The molecule has 2 heterocycles. The summed E-state index contributed by atoms with van der Waals surface area (Å²) in [7, 11) is -3.65. The number of amides is 1. The van der Waals surface area contributed by atoms with Crippen LogP contribution in [-0.4, -0.2) is 41.9 Å². The Morgan fingerprint density at radius 1 is 1.13 bits per heavy atom. The molecule has 4 rings (SSSR count). The zero-order valence-corrected chi connectivity index (χ0v) is 19.5. The molecule has 1 N–H and O–H groups in total. The van der Waals surface area contributed by atoms with Gasteiger partial charge in [-0.2, -0.15) is 4.31 Å². The van der Waals surface area contributed by atoms with Gasteiger partial charge in [0, 0.05) is 18.8 Å². The molecule has 1 aliphatic rings. The molecular formula is C20H19ClN4O3S3. The standard InChI is InChI=1S/C20H19ClN4O3S3/c21-17-9-8-15(31(27,28)25-10-4-5-11-25)12-16(17)18(26)22-19-23-24-20(30-19)29-13-14-6-2-1-3-7-14/h1-3,6-9,12H,4-5,10-11,13H2,(H,22,23,26). The molecule has 0 spiro atoms. The minimum atomic E-state index is -3.65. The molecule has 7 nitrogen and oxygen atoms in total. The van der Waals surface area contributed by atoms with Crippen molar-refractivity contribution >= 4 is 55.8 Å². The van der Waals surface area contributed by atoms with Crippen molar-refractivity contribution in [1.82, 2.24) is 14.5 Å². The molecule has 11 heteroatoms. The summed E-state index contributed by atoms with van der Waals surface area (Å²) in [5.74, 6) is 0.213. The van der Waals surface area contributed by atoms with Crippen molar-refractivity contribution in [3.63, 3.8) is 0 Å². The molecule has 0 aliphatic carbocycles. The van der Waals surface area contributed by atoms with Crippen molar-refractivity contribution in [2.75, 3.05) is 18.4 Å². The zero-order valence-electron chi connectivity index (χ0n) is 16.3. The van der Waals surface area contributed by atoms with Gasteiger partial charge in [-0.3, -0.25) is 10.1 Å². The maximum Gasteiger partial charge on any atom is 0.259 e. The summed E-state index contributed by atoms with van der Waals surface area (Å²) < 4.78 is 27.7. The van der Waals surface area contributed by atoms with Crippen LogP contribution in [0.4, 0.5) is 5.13 Å². The number of anilines is 1. The van der Waals surface area contributed by atoms with Crippen LogP contribution >= 0.6 is 34.7 Å². The van der Waals surface area contributed by atoms with Crippen LogP contribution in [0.1, 0.15) is 28.8 Å². The lowest BCUT2D eigenvalue weighted by atomic mass is 10.2. The van der Waals surface area contributed by atoms with Gasteiger partial charge in [0.25, 0.3) is 5.91 Å². The predicted octanol–water partition coefficient (Wildman–Crippen LogP) is 4.52. The van der Waals surface area contributed by atoms with E-state index in [0.717, 1.165) is 28.5 Å². The lowest BCUT2D eigenvalue weighted by molar-refractivity contribution is 0.102. The number of carbonyl (C=O) groups is 1. The van der Waals surface area contributed by atoms with Gasteiger partial charge in [-0.05, 0) is 36.6 Å². The molecule has 162 valence electrons. The Morgan fingerprint density at radius 2 is 1.87 bits per heavy atom. The number of carbonyl (C=O) groups excluding carboxylic acids is 1. The number of hydrogen-bond acceptors (Lipinski definition) is 7. The number of nitrogens with one attached hydrogen (secondary N) is 1. The van der Waals surface area contributed by atoms with E-state index in [1.807, 2.05) is 30.3 Å². The van der Waals surface area contributed by atoms with E-state index in [-0.39, 0.29) is 15.5 Å². The topological polar surface area (TPSA) is 92.3 Å². The Balaban J connectivity index is 1.46. The normalized spacial score (nSPS) is 14.6. The smallest absolute Gasteiger partial charge is 0.259 e. The lowest BCUT2D eigenvalue weighted by Gasteiger charge is -2.16. The number of halogens is 1. The highest BCUT2D eigenvalue weighted by Crippen LogP contribution is 2.30. The molecule has 2 aromatic carbocycles. The van der Waals surface area contributed by atoms with Gasteiger partial charge in [-0.15, -0.1) is 10.2 Å². The van der Waals surface area contributed by atoms with E-state index in [1.165, 1.54) is 45.6 Å². The number of hydrogen-bond donors (Lipinski definition) is 1. The molecule has 0 bridgehead atoms. The van der Waals surface area contributed by atoms with Gasteiger partial charge in [0.05, 0.1) is 15.5 Å². The second-order valence-electron chi connectivity index (χ2n) is 6.85. The third-order valence-corrected chi connectivity index (χ3v) is 8.98. The van der Waals surface area contributed by atoms with Crippen molar-refractivity contribution in [2.24, 2.45) is 0 Å². The van der Waals surface area contributed by atoms with Crippen molar-refractivity contribution in [1.29, 1.82) is 0 Å². The fourth-order valence-corrected chi connectivity index (χ4v) is 6.57. The van der Waals surface area contributed by atoms with Crippen LogP contribution in [0.2, 0.25) is 5.02 Å². The number of aromatic nitrogens is 2. The first-order chi connectivity index (χ1) is 14.9. The van der Waals surface area contributed by atoms with Gasteiger partial charge in [0.1, 0.15) is 0 Å². The average Bonchev–Trinajstić information content (AvgIpc) is 3.46. The Kier molecular flexibility index (Phi) is 6.92. The minimum absolute atomic E-state index is 0.0559. The zero-order chi connectivity index (χ0) is 21.8. The third-order valence-electron chi connectivity index (χ3n) is 4.72. The van der Waals surface area contributed by atoms with Crippen LogP contribution in [0.25, 0.3) is 0 Å². The number of rotatable bonds is 7. The summed E-state index contributed by atoms with van der Waals surface area (Å²) in [6.45, 7) is 0.974. The molecule has 0 atom stereocenters. The first kappa shape index (κ1) is 22.2. The number of benzene rings is 2. The van der Waals surface area contributed by atoms with Crippen molar-refractivity contribution in [3.05, 3.63) is 64.7 Å². The summed E-state index contributed by atoms with van der Waals surface area (Å²) >= 11 is 8.96. The molecule has 1 aliphatic heterocycles. The summed E-state index contributed by atoms with van der Waals surface area (Å²) in [6.07, 6.45) is 1.67. The summed E-state index contributed by atoms with van der Waals surface area (Å²) in [4.78, 5) is 12.8. The molecule has 1 saturated heterocycles. The van der Waals surface area contributed by atoms with E-state index in [1.54, 1.807) is 0 Å². The highest BCUT2D eigenvalue weighted by Gasteiger charge is 2.28. The SMILES string of the molecule is O=C(Nc1nnc(SCc2ccccc2)s1)c1cc(S(=O)(=O)N2CCCC2)ccc1Cl. The fourth-order valence-electron chi connectivity index (χ4n) is 3.12. The number of nitrogens with zero attached hydrogens (tertiary/aromatic N) is 3. The minimum Gasteiger partial charge on any atom is -0.296 e. The Labute approximate surface area is 193 Å². The fraction of sp³-hybridized carbons (Fsp3) is 0.250. The molecule has 31 heavy (non-hydrogen) atoms. The highest BCUT2D eigenvalue weighted by atomic mass is 35.5. The van der Waals surface area contributed by atoms with Crippen molar-refractivity contribution < 1.29 is 13.2 Å². The largest absolute Gasteiger partial charge is 0.296 e. The Morgan fingerprint density at radius 3 is 2.61 bits per heavy atom. The van der Waals surface area contributed by atoms with Gasteiger partial charge in [0.2, 0.25) is 15.2 Å². The van der Waals surface area contributed by atoms with Gasteiger partial charge in [0.15, 0.2) is 4.34 Å². The van der Waals surface area contributed by atoms with Crippen LogP contribution < -0.4 is 5.32 Å². The summed E-state index contributed by atoms with van der Waals surface area (Å²) in [6, 6.07) is 14.1. The second-order valence-corrected chi connectivity index (χ2v) is 11.4. The lowest BCUT2D eigenvalue weighted by Crippen LogP contribution is -2.28. The predicted molar refractivity (Wildman–Crippen MR) is 123 cm³/mol. The number of sulfonamides is 1. The van der Waals surface area contributed by atoms with Crippen LogP contribution in [0, 0.1) is 0 Å². The molecule has 0 saturated carbocycles. The third kappa shape index (κ3) is 5.27. The molecule has 0 radical (unpaired) electrons. The van der Waals surface area contributed by atoms with Gasteiger partial charge >= 0.3 is 0 Å². The van der Waals surface area contributed by atoms with Crippen molar-refractivity contribution in [3.8, 4) is 0 Å². The van der Waals surface area contributed by atoms with E-state index in [0.29, 0.717) is 18.2 Å². The van der Waals surface area contributed by atoms with E-state index in [2.05, 4.69) is 15.5 Å². The molecule has 0 unspecified atom stereocenters. The van der Waals surface area contributed by atoms with Crippen molar-refractivity contribution in [2.45, 2.75) is 27.8 Å². The van der Waals surface area contributed by atoms with Crippen LogP contribution in [0.15, 0.2) is 57.8 Å². The first-order valence-electron chi connectivity index (χ1n) is 9.55. The quantitative estimate of drug-likeness (QED) is 0.383. The van der Waals surface area contributed by atoms with Crippen LogP contribution in [-0.2, 0) is 15.8 Å². The van der Waals surface area contributed by atoms with Gasteiger partial charge in [-0.1, -0.05) is 65.0 Å². The number of thioether (sulfide) groups is 1. The van der Waals surface area contributed by atoms with E-state index >= 15 is 0 Å². The first-order valence-corrected chi connectivity index (χ1v) is 13.2. The van der Waals surface area contributed by atoms with Crippen LogP contribution in [0.5, 0.6) is 0 Å². The Hall–Kier alpha value is -1.98. The maximum absolute atomic E-state index is 12.8. The summed E-state index contributed by atoms with van der Waals surface area (Å²) in [5, 5.41) is 11.3. The molecule has 3 aromatic rings. The highest BCUT2D eigenvalue weighted by molar-refractivity contribution is 8.00. The van der Waals surface area contributed by atoms with E-state index < -0.39 is 15.9 Å².